The molecule has 0 spiro atoms. The molecular formula is C15H20N4OS. The topological polar surface area (TPSA) is 59.8 Å². The first-order chi connectivity index (χ1) is 10.1. The molecule has 0 atom stereocenters. The zero-order valence-electron chi connectivity index (χ0n) is 12.6. The van der Waals surface area contributed by atoms with Crippen molar-refractivity contribution < 1.29 is 4.79 Å². The number of aromatic nitrogens is 3. The summed E-state index contributed by atoms with van der Waals surface area (Å²) in [6, 6.07) is 8.14. The van der Waals surface area contributed by atoms with Crippen LogP contribution in [0.3, 0.4) is 0 Å². The van der Waals surface area contributed by atoms with Crippen LogP contribution in [0.1, 0.15) is 23.9 Å². The molecule has 0 aliphatic carbocycles. The molecule has 5 nitrogen and oxygen atoms in total. The number of carbonyl (C=O) groups excluding carboxylic acids is 1. The smallest absolute Gasteiger partial charge is 0.230 e. The molecule has 1 amide bonds. The molecule has 112 valence electrons. The third-order valence-corrected chi connectivity index (χ3v) is 4.13. The van der Waals surface area contributed by atoms with Crippen LogP contribution in [0, 0.1) is 13.8 Å². The van der Waals surface area contributed by atoms with Crippen LogP contribution in [0.4, 0.5) is 0 Å². The fourth-order valence-corrected chi connectivity index (χ4v) is 2.80. The first kappa shape index (κ1) is 15.6. The zero-order valence-corrected chi connectivity index (χ0v) is 13.4. The maximum absolute atomic E-state index is 11.9. The highest BCUT2D eigenvalue weighted by Gasteiger charge is 2.10. The van der Waals surface area contributed by atoms with Gasteiger partial charge in [-0.05, 0) is 26.3 Å². The number of hydrogen-bond donors (Lipinski definition) is 1. The van der Waals surface area contributed by atoms with Gasteiger partial charge < -0.3 is 9.88 Å². The van der Waals surface area contributed by atoms with E-state index < -0.39 is 0 Å². The molecule has 0 unspecified atom stereocenters. The summed E-state index contributed by atoms with van der Waals surface area (Å²) < 4.78 is 2.00. The molecule has 0 aliphatic heterocycles. The van der Waals surface area contributed by atoms with E-state index in [9.17, 15) is 4.79 Å². The molecule has 1 N–H and O–H groups in total. The van der Waals surface area contributed by atoms with Gasteiger partial charge in [0.05, 0.1) is 5.75 Å². The first-order valence-electron chi connectivity index (χ1n) is 6.95. The third-order valence-electron chi connectivity index (χ3n) is 3.16. The first-order valence-corrected chi connectivity index (χ1v) is 7.93. The van der Waals surface area contributed by atoms with Crippen molar-refractivity contribution in [3.05, 3.63) is 41.2 Å². The van der Waals surface area contributed by atoms with E-state index in [2.05, 4.69) is 15.5 Å². The van der Waals surface area contributed by atoms with Crippen LogP contribution in [0.2, 0.25) is 0 Å². The normalized spacial score (nSPS) is 10.6. The molecule has 0 bridgehead atoms. The van der Waals surface area contributed by atoms with E-state index in [1.54, 1.807) is 0 Å². The Kier molecular flexibility index (Phi) is 5.38. The van der Waals surface area contributed by atoms with Crippen molar-refractivity contribution >= 4 is 17.7 Å². The van der Waals surface area contributed by atoms with Crippen LogP contribution in [0.15, 0.2) is 29.4 Å². The van der Waals surface area contributed by atoms with Crippen molar-refractivity contribution in [3.63, 3.8) is 0 Å². The molecular weight excluding hydrogens is 284 g/mol. The highest BCUT2D eigenvalue weighted by atomic mass is 32.2. The van der Waals surface area contributed by atoms with E-state index in [1.807, 2.05) is 49.6 Å². The summed E-state index contributed by atoms with van der Waals surface area (Å²) in [5.74, 6) is 1.23. The fraction of sp³-hybridized carbons (Fsp3) is 0.400. The van der Waals surface area contributed by atoms with Gasteiger partial charge in [0.2, 0.25) is 5.91 Å². The highest BCUT2D eigenvalue weighted by Crippen LogP contribution is 2.16. The molecule has 0 saturated carbocycles. The number of aryl methyl sites for hydroxylation is 2. The van der Waals surface area contributed by atoms with Gasteiger partial charge in [-0.15, -0.1) is 10.2 Å². The van der Waals surface area contributed by atoms with Crippen LogP contribution in [0.25, 0.3) is 0 Å². The van der Waals surface area contributed by atoms with Crippen molar-refractivity contribution in [1.29, 1.82) is 0 Å². The van der Waals surface area contributed by atoms with E-state index in [-0.39, 0.29) is 5.91 Å². The quantitative estimate of drug-likeness (QED) is 0.832. The van der Waals surface area contributed by atoms with Gasteiger partial charge in [-0.3, -0.25) is 4.79 Å². The van der Waals surface area contributed by atoms with E-state index >= 15 is 0 Å². The maximum atomic E-state index is 11.9. The molecule has 0 aliphatic rings. The van der Waals surface area contributed by atoms with Gasteiger partial charge >= 0.3 is 0 Å². The summed E-state index contributed by atoms with van der Waals surface area (Å²) in [6.45, 7) is 7.37. The minimum Gasteiger partial charge on any atom is -0.351 e. The average molecular weight is 304 g/mol. The Labute approximate surface area is 129 Å². The van der Waals surface area contributed by atoms with E-state index in [1.165, 1.54) is 17.3 Å². The molecule has 21 heavy (non-hydrogen) atoms. The standard InChI is InChI=1S/C15H20N4OS/c1-4-19-12(3)17-18-15(19)21-10-14(20)16-9-13-7-5-11(2)6-8-13/h5-8H,4,9-10H2,1-3H3,(H,16,20). The summed E-state index contributed by atoms with van der Waals surface area (Å²) in [5, 5.41) is 11.8. The zero-order chi connectivity index (χ0) is 15.2. The fourth-order valence-electron chi connectivity index (χ4n) is 1.92. The molecule has 2 rings (SSSR count). The number of benzene rings is 1. The predicted molar refractivity (Wildman–Crippen MR) is 84.2 cm³/mol. The Hall–Kier alpha value is -1.82. The van der Waals surface area contributed by atoms with Crippen LogP contribution in [-0.4, -0.2) is 26.4 Å². The number of amides is 1. The predicted octanol–water partition coefficient (Wildman–Crippen LogP) is 2.32. The number of hydrogen-bond acceptors (Lipinski definition) is 4. The number of nitrogens with zero attached hydrogens (tertiary/aromatic N) is 3. The monoisotopic (exact) mass is 304 g/mol. The molecule has 6 heteroatoms. The Bertz CT molecular complexity index is 607. The summed E-state index contributed by atoms with van der Waals surface area (Å²) >= 11 is 1.42. The summed E-state index contributed by atoms with van der Waals surface area (Å²) in [4.78, 5) is 11.9. The number of rotatable bonds is 6. The molecule has 0 radical (unpaired) electrons. The molecule has 0 fully saturated rings. The van der Waals surface area contributed by atoms with Gasteiger partial charge in [0, 0.05) is 13.1 Å². The number of thioether (sulfide) groups is 1. The van der Waals surface area contributed by atoms with Crippen LogP contribution >= 0.6 is 11.8 Å². The van der Waals surface area contributed by atoms with Gasteiger partial charge in [0.15, 0.2) is 5.16 Å². The lowest BCUT2D eigenvalue weighted by atomic mass is 10.1. The minimum absolute atomic E-state index is 0.00359. The van der Waals surface area contributed by atoms with Gasteiger partial charge in [-0.25, -0.2) is 0 Å². The van der Waals surface area contributed by atoms with E-state index in [4.69, 9.17) is 0 Å². The third kappa shape index (κ3) is 4.32. The second-order valence-corrected chi connectivity index (χ2v) is 5.77. The van der Waals surface area contributed by atoms with Crippen molar-refractivity contribution in [2.45, 2.75) is 39.0 Å². The van der Waals surface area contributed by atoms with E-state index in [0.717, 1.165) is 23.1 Å². The molecule has 0 saturated heterocycles. The number of carbonyl (C=O) groups is 1. The molecule has 1 heterocycles. The Morgan fingerprint density at radius 2 is 1.95 bits per heavy atom. The highest BCUT2D eigenvalue weighted by molar-refractivity contribution is 7.99. The largest absolute Gasteiger partial charge is 0.351 e. The van der Waals surface area contributed by atoms with Crippen molar-refractivity contribution in [3.8, 4) is 0 Å². The lowest BCUT2D eigenvalue weighted by molar-refractivity contribution is -0.118. The van der Waals surface area contributed by atoms with Crippen molar-refractivity contribution in [1.82, 2.24) is 20.1 Å². The second kappa shape index (κ2) is 7.26. The van der Waals surface area contributed by atoms with Gasteiger partial charge in [0.1, 0.15) is 5.82 Å². The molecule has 2 aromatic rings. The van der Waals surface area contributed by atoms with Crippen LogP contribution < -0.4 is 5.32 Å². The summed E-state index contributed by atoms with van der Waals surface area (Å²) in [5.41, 5.74) is 2.32. The summed E-state index contributed by atoms with van der Waals surface area (Å²) in [7, 11) is 0. The average Bonchev–Trinajstić information content (AvgIpc) is 2.84. The maximum Gasteiger partial charge on any atom is 0.230 e. The van der Waals surface area contributed by atoms with Crippen LogP contribution in [-0.2, 0) is 17.9 Å². The summed E-state index contributed by atoms with van der Waals surface area (Å²) in [6.07, 6.45) is 0. The molecule has 1 aromatic carbocycles. The van der Waals surface area contributed by atoms with Gasteiger partial charge in [-0.1, -0.05) is 41.6 Å². The van der Waals surface area contributed by atoms with Gasteiger partial charge in [-0.2, -0.15) is 0 Å². The van der Waals surface area contributed by atoms with Crippen LogP contribution in [0.5, 0.6) is 0 Å². The van der Waals surface area contributed by atoms with E-state index in [0.29, 0.717) is 12.3 Å². The SMILES string of the molecule is CCn1c(C)nnc1SCC(=O)NCc1ccc(C)cc1. The molecule has 1 aromatic heterocycles. The van der Waals surface area contributed by atoms with Crippen molar-refractivity contribution in [2.24, 2.45) is 0 Å². The number of nitrogens with one attached hydrogen (secondary N) is 1. The lowest BCUT2D eigenvalue weighted by Gasteiger charge is -2.06. The van der Waals surface area contributed by atoms with Gasteiger partial charge in [0.25, 0.3) is 0 Å². The minimum atomic E-state index is 0.00359. The van der Waals surface area contributed by atoms with Crippen molar-refractivity contribution in [2.75, 3.05) is 5.75 Å². The Morgan fingerprint density at radius 1 is 1.24 bits per heavy atom. The second-order valence-electron chi connectivity index (χ2n) is 4.83. The lowest BCUT2D eigenvalue weighted by Crippen LogP contribution is -2.24. The Morgan fingerprint density at radius 3 is 2.62 bits per heavy atom. The Balaban J connectivity index is 1.81.